The number of benzene rings is 2. The monoisotopic (exact) mass is 467 g/mol. The normalized spacial score (nSPS) is 18.9. The van der Waals surface area contributed by atoms with Gasteiger partial charge in [-0.25, -0.2) is 0 Å². The maximum absolute atomic E-state index is 13.1. The highest BCUT2D eigenvalue weighted by Crippen LogP contribution is 2.41. The zero-order chi connectivity index (χ0) is 24.1. The first-order valence-electron chi connectivity index (χ1n) is 11.4. The molecule has 34 heavy (non-hydrogen) atoms. The second-order valence-electron chi connectivity index (χ2n) is 8.11. The van der Waals surface area contributed by atoms with Gasteiger partial charge in [-0.3, -0.25) is 9.59 Å². The smallest absolute Gasteiger partial charge is 0.295 e. The quantitative estimate of drug-likeness (QED) is 0.260. The summed E-state index contributed by atoms with van der Waals surface area (Å²) in [6, 6.07) is 11.5. The van der Waals surface area contributed by atoms with E-state index in [9.17, 15) is 14.7 Å². The van der Waals surface area contributed by atoms with Crippen molar-refractivity contribution >= 4 is 17.4 Å². The number of aliphatic hydroxyl groups is 1. The lowest BCUT2D eigenvalue weighted by Crippen LogP contribution is -2.31. The number of hydrogen-bond donors (Lipinski definition) is 1. The molecule has 0 radical (unpaired) electrons. The van der Waals surface area contributed by atoms with Gasteiger partial charge in [-0.15, -0.1) is 0 Å². The summed E-state index contributed by atoms with van der Waals surface area (Å²) in [5, 5.41) is 11.2. The van der Waals surface area contributed by atoms with Gasteiger partial charge < -0.3 is 29.0 Å². The zero-order valence-electron chi connectivity index (χ0n) is 19.4. The molecule has 0 aromatic heterocycles. The van der Waals surface area contributed by atoms with Crippen LogP contribution in [0.3, 0.4) is 0 Å². The van der Waals surface area contributed by atoms with Crippen LogP contribution >= 0.6 is 0 Å². The number of hydrogen-bond acceptors (Lipinski definition) is 7. The Kier molecular flexibility index (Phi) is 7.37. The molecule has 0 spiro atoms. The Hall–Kier alpha value is -3.52. The van der Waals surface area contributed by atoms with Crippen LogP contribution in [0.5, 0.6) is 17.2 Å². The first-order valence-corrected chi connectivity index (χ1v) is 11.4. The molecule has 2 heterocycles. The number of fused-ring (bicyclic) bond motifs is 1. The summed E-state index contributed by atoms with van der Waals surface area (Å²) in [6.07, 6.45) is 1.44. The molecule has 8 nitrogen and oxygen atoms in total. The van der Waals surface area contributed by atoms with Gasteiger partial charge >= 0.3 is 0 Å². The molecule has 1 N–H and O–H groups in total. The van der Waals surface area contributed by atoms with Crippen LogP contribution < -0.4 is 14.2 Å². The van der Waals surface area contributed by atoms with Gasteiger partial charge in [0, 0.05) is 25.8 Å². The minimum atomic E-state index is -0.731. The van der Waals surface area contributed by atoms with Gasteiger partial charge in [0.05, 0.1) is 18.2 Å². The molecule has 0 saturated carbocycles. The molecular weight excluding hydrogens is 438 g/mol. The summed E-state index contributed by atoms with van der Waals surface area (Å²) in [5.41, 5.74) is 1.13. The Morgan fingerprint density at radius 3 is 2.50 bits per heavy atom. The van der Waals surface area contributed by atoms with Gasteiger partial charge in [0.25, 0.3) is 11.7 Å². The Labute approximate surface area is 198 Å². The molecule has 1 unspecified atom stereocenters. The minimum Gasteiger partial charge on any atom is -0.507 e. The summed E-state index contributed by atoms with van der Waals surface area (Å²) >= 11 is 0. The molecule has 180 valence electrons. The van der Waals surface area contributed by atoms with Crippen molar-refractivity contribution < 1.29 is 33.6 Å². The first kappa shape index (κ1) is 23.6. The van der Waals surface area contributed by atoms with Crippen LogP contribution in [0.1, 0.15) is 36.9 Å². The molecular formula is C26H29NO7. The Morgan fingerprint density at radius 2 is 1.79 bits per heavy atom. The average Bonchev–Trinajstić information content (AvgIpc) is 3.12. The Balaban J connectivity index is 1.75. The van der Waals surface area contributed by atoms with Gasteiger partial charge in [0.15, 0.2) is 11.5 Å². The van der Waals surface area contributed by atoms with Crippen molar-refractivity contribution in [3.8, 4) is 17.2 Å². The number of ketones is 1. The molecule has 0 aliphatic carbocycles. The summed E-state index contributed by atoms with van der Waals surface area (Å²) in [6.45, 7) is 4.23. The van der Waals surface area contributed by atoms with Gasteiger partial charge in [-0.2, -0.15) is 0 Å². The first-order chi connectivity index (χ1) is 16.5. The van der Waals surface area contributed by atoms with Gasteiger partial charge in [-0.1, -0.05) is 19.1 Å². The average molecular weight is 468 g/mol. The Morgan fingerprint density at radius 1 is 1.06 bits per heavy atom. The highest BCUT2D eigenvalue weighted by Gasteiger charge is 2.45. The highest BCUT2D eigenvalue weighted by molar-refractivity contribution is 6.46. The molecule has 4 rings (SSSR count). The van der Waals surface area contributed by atoms with E-state index in [0.29, 0.717) is 67.8 Å². The molecule has 1 amide bonds. The van der Waals surface area contributed by atoms with Gasteiger partial charge in [-0.05, 0) is 48.7 Å². The maximum Gasteiger partial charge on any atom is 0.295 e. The van der Waals surface area contributed by atoms with Crippen LogP contribution in [0.25, 0.3) is 5.76 Å². The lowest BCUT2D eigenvalue weighted by atomic mass is 9.95. The van der Waals surface area contributed by atoms with Gasteiger partial charge in [0.2, 0.25) is 0 Å². The number of carbonyl (C=O) groups is 2. The third-order valence-electron chi connectivity index (χ3n) is 5.77. The highest BCUT2D eigenvalue weighted by atomic mass is 16.6. The van der Waals surface area contributed by atoms with Crippen molar-refractivity contribution in [3.63, 3.8) is 0 Å². The summed E-state index contributed by atoms with van der Waals surface area (Å²) < 4.78 is 22.0. The number of amides is 1. The zero-order valence-corrected chi connectivity index (χ0v) is 19.4. The topological polar surface area (TPSA) is 94.5 Å². The predicted octanol–water partition coefficient (Wildman–Crippen LogP) is 3.70. The van der Waals surface area contributed by atoms with E-state index in [0.717, 1.165) is 6.42 Å². The molecule has 8 heteroatoms. The summed E-state index contributed by atoms with van der Waals surface area (Å²) in [7, 11) is 1.59. The minimum absolute atomic E-state index is 0.0429. The van der Waals surface area contributed by atoms with E-state index < -0.39 is 17.7 Å². The molecule has 2 aliphatic heterocycles. The standard InChI is InChI=1S/C26H29NO7/c1-3-12-32-19-8-5-17(6-9-19)23-22(25(29)26(30)27(23)11-4-13-31-2)24(28)18-7-10-20-21(16-18)34-15-14-33-20/h5-10,16,23,28H,3-4,11-15H2,1-2H3/b24-22+. The fourth-order valence-electron chi connectivity index (χ4n) is 4.15. The number of aliphatic hydroxyl groups excluding tert-OH is 1. The van der Waals surface area contributed by atoms with Crippen LogP contribution in [0.2, 0.25) is 0 Å². The van der Waals surface area contributed by atoms with Crippen molar-refractivity contribution in [2.75, 3.05) is 40.1 Å². The molecule has 2 aliphatic rings. The maximum atomic E-state index is 13.1. The molecule has 0 bridgehead atoms. The van der Waals surface area contributed by atoms with Crippen molar-refractivity contribution in [2.24, 2.45) is 0 Å². The second-order valence-corrected chi connectivity index (χ2v) is 8.11. The van der Waals surface area contributed by atoms with E-state index in [-0.39, 0.29) is 11.3 Å². The van der Waals surface area contributed by atoms with E-state index in [1.54, 1.807) is 25.3 Å². The van der Waals surface area contributed by atoms with E-state index in [4.69, 9.17) is 18.9 Å². The lowest BCUT2D eigenvalue weighted by molar-refractivity contribution is -0.140. The largest absolute Gasteiger partial charge is 0.507 e. The van der Waals surface area contributed by atoms with Crippen LogP contribution in [-0.2, 0) is 14.3 Å². The SMILES string of the molecule is CCCOc1ccc(C2/C(=C(\O)c3ccc4c(c3)OCCO4)C(=O)C(=O)N2CCCOC)cc1. The lowest BCUT2D eigenvalue weighted by Gasteiger charge is -2.25. The summed E-state index contributed by atoms with van der Waals surface area (Å²) in [5.74, 6) is 0.142. The molecule has 1 fully saturated rings. The van der Waals surface area contributed by atoms with E-state index in [1.165, 1.54) is 4.90 Å². The molecule has 2 aromatic rings. The van der Waals surface area contributed by atoms with Crippen LogP contribution in [0.4, 0.5) is 0 Å². The van der Waals surface area contributed by atoms with E-state index in [1.807, 2.05) is 31.2 Å². The van der Waals surface area contributed by atoms with Crippen LogP contribution in [0, 0.1) is 0 Å². The van der Waals surface area contributed by atoms with E-state index >= 15 is 0 Å². The predicted molar refractivity (Wildman–Crippen MR) is 125 cm³/mol. The number of ether oxygens (including phenoxy) is 4. The van der Waals surface area contributed by atoms with Crippen molar-refractivity contribution in [1.82, 2.24) is 4.90 Å². The van der Waals surface area contributed by atoms with Crippen molar-refractivity contribution in [3.05, 3.63) is 59.2 Å². The number of methoxy groups -OCH3 is 1. The van der Waals surface area contributed by atoms with E-state index in [2.05, 4.69) is 0 Å². The summed E-state index contributed by atoms with van der Waals surface area (Å²) in [4.78, 5) is 27.6. The van der Waals surface area contributed by atoms with Crippen LogP contribution in [0.15, 0.2) is 48.0 Å². The van der Waals surface area contributed by atoms with Crippen LogP contribution in [-0.4, -0.2) is 61.8 Å². The number of Topliss-reactive ketones (excluding diaryl/α,β-unsaturated/α-hetero) is 1. The second kappa shape index (κ2) is 10.6. The fourth-order valence-corrected chi connectivity index (χ4v) is 4.15. The van der Waals surface area contributed by atoms with Crippen molar-refractivity contribution in [2.45, 2.75) is 25.8 Å². The number of nitrogens with zero attached hydrogens (tertiary/aromatic N) is 1. The fraction of sp³-hybridized carbons (Fsp3) is 0.385. The third kappa shape index (κ3) is 4.72. The molecule has 1 atom stereocenters. The molecule has 2 aromatic carbocycles. The molecule has 1 saturated heterocycles. The number of rotatable bonds is 9. The van der Waals surface area contributed by atoms with Crippen molar-refractivity contribution in [1.29, 1.82) is 0 Å². The third-order valence-corrected chi connectivity index (χ3v) is 5.77. The number of carbonyl (C=O) groups excluding carboxylic acids is 2. The van der Waals surface area contributed by atoms with Gasteiger partial charge in [0.1, 0.15) is 24.7 Å². The number of likely N-dealkylation sites (tertiary alicyclic amines) is 1. The Bertz CT molecular complexity index is 1080.